The maximum Gasteiger partial charge on any atom is 0.0277 e. The summed E-state index contributed by atoms with van der Waals surface area (Å²) >= 11 is 0. The number of rotatable bonds is 4. The second-order valence-electron chi connectivity index (χ2n) is 4.27. The van der Waals surface area contributed by atoms with Crippen LogP contribution in [0, 0.1) is 11.3 Å². The average molecular weight is 179 g/mol. The first-order valence-corrected chi connectivity index (χ1v) is 5.28. The van der Waals surface area contributed by atoms with E-state index < -0.39 is 0 Å². The minimum atomic E-state index is 0.634. The van der Waals surface area contributed by atoms with E-state index in [4.69, 9.17) is 0 Å². The van der Waals surface area contributed by atoms with E-state index in [-0.39, 0.29) is 0 Å². The summed E-state index contributed by atoms with van der Waals surface area (Å²) in [6, 6.07) is 0. The molecule has 1 heteroatoms. The van der Waals surface area contributed by atoms with E-state index in [2.05, 4.69) is 25.4 Å². The van der Waals surface area contributed by atoms with Crippen LogP contribution in [0.1, 0.15) is 39.5 Å². The molecule has 0 spiro atoms. The molecule has 0 aliphatic heterocycles. The summed E-state index contributed by atoms with van der Waals surface area (Å²) in [6.45, 7) is 8.66. The van der Waals surface area contributed by atoms with Crippen LogP contribution < -0.4 is 0 Å². The van der Waals surface area contributed by atoms with Crippen molar-refractivity contribution in [1.82, 2.24) is 0 Å². The Kier molecular flexibility index (Phi) is 3.29. The van der Waals surface area contributed by atoms with Gasteiger partial charge < -0.3 is 0 Å². The Bertz CT molecular complexity index is 203. The number of hydrogen-bond acceptors (Lipinski definition) is 1. The van der Waals surface area contributed by atoms with Crippen LogP contribution in [0.5, 0.6) is 0 Å². The number of allylic oxidation sites excluding steroid dienone is 1. The largest absolute Gasteiger partial charge is 0.296 e. The molecule has 0 N–H and O–H groups in total. The monoisotopic (exact) mass is 179 g/mol. The van der Waals surface area contributed by atoms with Gasteiger partial charge in [-0.1, -0.05) is 33.3 Å². The van der Waals surface area contributed by atoms with Gasteiger partial charge in [-0.15, -0.1) is 0 Å². The molecule has 1 rings (SSSR count). The molecule has 0 bridgehead atoms. The standard InChI is InChI=1S/C12H21N/c1-5-12(6-2)7-11(8-12)10(3)9-13-4/h9,11H,3,5-8H2,1-2,4H3. The van der Waals surface area contributed by atoms with Crippen LogP contribution in [0.3, 0.4) is 0 Å². The van der Waals surface area contributed by atoms with Gasteiger partial charge in [0.05, 0.1) is 0 Å². The Hall–Kier alpha value is -0.590. The van der Waals surface area contributed by atoms with E-state index >= 15 is 0 Å². The van der Waals surface area contributed by atoms with Gasteiger partial charge in [0.15, 0.2) is 0 Å². The van der Waals surface area contributed by atoms with Crippen LogP contribution in [0.2, 0.25) is 0 Å². The summed E-state index contributed by atoms with van der Waals surface area (Å²) in [5.41, 5.74) is 1.86. The summed E-state index contributed by atoms with van der Waals surface area (Å²) in [6.07, 6.45) is 7.20. The highest BCUT2D eigenvalue weighted by atomic mass is 14.6. The Morgan fingerprint density at radius 3 is 2.38 bits per heavy atom. The van der Waals surface area contributed by atoms with Gasteiger partial charge in [-0.25, -0.2) is 0 Å². The molecule has 0 aromatic carbocycles. The van der Waals surface area contributed by atoms with E-state index in [0.717, 1.165) is 0 Å². The maximum atomic E-state index is 4.05. The molecule has 0 radical (unpaired) electrons. The van der Waals surface area contributed by atoms with Crippen molar-refractivity contribution in [3.05, 3.63) is 12.2 Å². The lowest BCUT2D eigenvalue weighted by atomic mass is 9.57. The van der Waals surface area contributed by atoms with Gasteiger partial charge in [-0.2, -0.15) is 0 Å². The molecular weight excluding hydrogens is 158 g/mol. The quantitative estimate of drug-likeness (QED) is 0.586. The Morgan fingerprint density at radius 1 is 1.46 bits per heavy atom. The molecule has 1 aliphatic rings. The fourth-order valence-electron chi connectivity index (χ4n) is 2.35. The van der Waals surface area contributed by atoms with Crippen LogP contribution in [-0.4, -0.2) is 13.3 Å². The molecule has 0 amide bonds. The van der Waals surface area contributed by atoms with Crippen molar-refractivity contribution < 1.29 is 0 Å². The summed E-state index contributed by atoms with van der Waals surface area (Å²) in [4.78, 5) is 4.01. The highest BCUT2D eigenvalue weighted by molar-refractivity contribution is 5.78. The van der Waals surface area contributed by atoms with Crippen molar-refractivity contribution in [1.29, 1.82) is 0 Å². The van der Waals surface area contributed by atoms with Crippen molar-refractivity contribution >= 4 is 6.21 Å². The van der Waals surface area contributed by atoms with Gasteiger partial charge in [0.1, 0.15) is 0 Å². The van der Waals surface area contributed by atoms with E-state index in [9.17, 15) is 0 Å². The fourth-order valence-corrected chi connectivity index (χ4v) is 2.35. The Morgan fingerprint density at radius 2 is 2.00 bits per heavy atom. The topological polar surface area (TPSA) is 12.4 Å². The second-order valence-corrected chi connectivity index (χ2v) is 4.27. The lowest BCUT2D eigenvalue weighted by molar-refractivity contribution is 0.0703. The maximum absolute atomic E-state index is 4.05. The first-order valence-electron chi connectivity index (χ1n) is 5.28. The van der Waals surface area contributed by atoms with Crippen LogP contribution in [-0.2, 0) is 0 Å². The summed E-state index contributed by atoms with van der Waals surface area (Å²) in [7, 11) is 1.82. The zero-order valence-electron chi connectivity index (χ0n) is 9.14. The van der Waals surface area contributed by atoms with Gasteiger partial charge in [0, 0.05) is 13.3 Å². The molecule has 0 atom stereocenters. The fraction of sp³-hybridized carbons (Fsp3) is 0.750. The minimum Gasteiger partial charge on any atom is -0.296 e. The third-order valence-corrected chi connectivity index (χ3v) is 3.68. The van der Waals surface area contributed by atoms with Gasteiger partial charge in [-0.05, 0) is 29.7 Å². The lowest BCUT2D eigenvalue weighted by Crippen LogP contribution is -2.37. The molecule has 0 saturated heterocycles. The predicted octanol–water partition coefficient (Wildman–Crippen LogP) is 3.46. The van der Waals surface area contributed by atoms with Crippen molar-refractivity contribution in [2.75, 3.05) is 7.05 Å². The Labute approximate surface area is 82.0 Å². The first-order chi connectivity index (χ1) is 6.17. The number of nitrogens with zero attached hydrogens (tertiary/aromatic N) is 1. The van der Waals surface area contributed by atoms with Crippen LogP contribution in [0.25, 0.3) is 0 Å². The zero-order chi connectivity index (χ0) is 9.90. The third-order valence-electron chi connectivity index (χ3n) is 3.68. The van der Waals surface area contributed by atoms with E-state index in [1.54, 1.807) is 0 Å². The predicted molar refractivity (Wildman–Crippen MR) is 59.3 cm³/mol. The molecule has 1 fully saturated rings. The van der Waals surface area contributed by atoms with Crippen LogP contribution in [0.4, 0.5) is 0 Å². The Balaban J connectivity index is 2.44. The molecule has 0 heterocycles. The van der Waals surface area contributed by atoms with Gasteiger partial charge >= 0.3 is 0 Å². The summed E-state index contributed by atoms with van der Waals surface area (Å²) in [5.74, 6) is 0.712. The van der Waals surface area contributed by atoms with Crippen LogP contribution in [0.15, 0.2) is 17.1 Å². The average Bonchev–Trinajstić information content (AvgIpc) is 2.05. The number of hydrogen-bond donors (Lipinski definition) is 0. The highest BCUT2D eigenvalue weighted by Crippen LogP contribution is 2.52. The van der Waals surface area contributed by atoms with E-state index in [1.165, 1.54) is 31.3 Å². The lowest BCUT2D eigenvalue weighted by Gasteiger charge is -2.47. The molecule has 0 aromatic heterocycles. The molecule has 1 saturated carbocycles. The SMILES string of the molecule is C=C(C=NC)C1CC(CC)(CC)C1. The van der Waals surface area contributed by atoms with Gasteiger partial charge in [0.2, 0.25) is 0 Å². The van der Waals surface area contributed by atoms with Crippen molar-refractivity contribution in [3.63, 3.8) is 0 Å². The molecule has 1 aliphatic carbocycles. The molecule has 1 nitrogen and oxygen atoms in total. The first kappa shape index (κ1) is 10.5. The molecular formula is C12H21N. The smallest absolute Gasteiger partial charge is 0.0277 e. The van der Waals surface area contributed by atoms with Crippen molar-refractivity contribution in [2.24, 2.45) is 16.3 Å². The third kappa shape index (κ3) is 2.01. The van der Waals surface area contributed by atoms with Crippen molar-refractivity contribution in [3.8, 4) is 0 Å². The molecule has 13 heavy (non-hydrogen) atoms. The zero-order valence-corrected chi connectivity index (χ0v) is 9.14. The van der Waals surface area contributed by atoms with Gasteiger partial charge in [0.25, 0.3) is 0 Å². The highest BCUT2D eigenvalue weighted by Gasteiger charge is 2.41. The minimum absolute atomic E-state index is 0.634. The van der Waals surface area contributed by atoms with E-state index in [1.807, 2.05) is 13.3 Å². The second kappa shape index (κ2) is 4.08. The molecule has 0 unspecified atom stereocenters. The normalized spacial score (nSPS) is 21.8. The number of aliphatic imine (C=N–C) groups is 1. The summed E-state index contributed by atoms with van der Waals surface area (Å²) < 4.78 is 0. The van der Waals surface area contributed by atoms with Gasteiger partial charge in [-0.3, -0.25) is 4.99 Å². The molecule has 74 valence electrons. The van der Waals surface area contributed by atoms with E-state index in [0.29, 0.717) is 11.3 Å². The summed E-state index contributed by atoms with van der Waals surface area (Å²) in [5, 5.41) is 0. The molecule has 0 aromatic rings. The van der Waals surface area contributed by atoms with Crippen molar-refractivity contribution in [2.45, 2.75) is 39.5 Å². The van der Waals surface area contributed by atoms with Crippen LogP contribution >= 0.6 is 0 Å².